The Bertz CT molecular complexity index is 935. The highest BCUT2D eigenvalue weighted by Gasteiger charge is 2.37. The van der Waals surface area contributed by atoms with Gasteiger partial charge in [0.2, 0.25) is 5.91 Å². The van der Waals surface area contributed by atoms with E-state index >= 15 is 0 Å². The molecule has 3 atom stereocenters. The van der Waals surface area contributed by atoms with Gasteiger partial charge >= 0.3 is 0 Å². The molecular weight excluding hydrogens is 466 g/mol. The molecule has 3 rings (SSSR count). The second kappa shape index (κ2) is 13.2. The van der Waals surface area contributed by atoms with Crippen LogP contribution in [0.2, 0.25) is 0 Å². The Labute approximate surface area is 212 Å². The van der Waals surface area contributed by atoms with Gasteiger partial charge in [0.15, 0.2) is 6.29 Å². The third-order valence-corrected chi connectivity index (χ3v) is 6.80. The number of carbonyl (C=O) groups excluding carboxylic acids is 2. The number of benzene rings is 1. The van der Waals surface area contributed by atoms with Gasteiger partial charge < -0.3 is 10.6 Å². The van der Waals surface area contributed by atoms with Gasteiger partial charge in [-0.25, -0.2) is 13.8 Å². The molecule has 2 unspecified atom stereocenters. The predicted octanol–water partition coefficient (Wildman–Crippen LogP) is 2.59. The molecule has 3 N–H and O–H groups in total. The van der Waals surface area contributed by atoms with Crippen molar-refractivity contribution in [2.75, 3.05) is 26.2 Å². The largest absolute Gasteiger partial charge is 0.350 e. The van der Waals surface area contributed by atoms with E-state index in [4.69, 9.17) is 4.99 Å². The number of rotatable bonds is 11. The molecule has 2 amide bonds. The number of aliphatic imine (C=N–C) groups is 1. The van der Waals surface area contributed by atoms with Crippen LogP contribution in [-0.4, -0.2) is 72.0 Å². The molecule has 8 nitrogen and oxygen atoms in total. The van der Waals surface area contributed by atoms with E-state index in [2.05, 4.69) is 46.5 Å². The summed E-state index contributed by atoms with van der Waals surface area (Å²) >= 11 is 0. The van der Waals surface area contributed by atoms with E-state index in [0.29, 0.717) is 18.1 Å². The lowest BCUT2D eigenvalue weighted by molar-refractivity contribution is -0.126. The highest BCUT2D eigenvalue weighted by atomic mass is 19.1. The summed E-state index contributed by atoms with van der Waals surface area (Å²) in [5, 5.41) is 8.85. The summed E-state index contributed by atoms with van der Waals surface area (Å²) in [7, 11) is 0. The van der Waals surface area contributed by atoms with E-state index in [1.807, 2.05) is 0 Å². The average Bonchev–Trinajstić information content (AvgIpc) is 3.37. The Morgan fingerprint density at radius 1 is 1.17 bits per heavy atom. The van der Waals surface area contributed by atoms with Crippen LogP contribution >= 0.6 is 0 Å². The third-order valence-electron chi connectivity index (χ3n) is 6.80. The number of halogens is 2. The lowest BCUT2D eigenvalue weighted by Gasteiger charge is -2.43. The molecule has 200 valence electrons. The van der Waals surface area contributed by atoms with Gasteiger partial charge in [-0.05, 0) is 57.8 Å². The number of hydrogen-bond acceptors (Lipinski definition) is 6. The minimum absolute atomic E-state index is 0.0675. The van der Waals surface area contributed by atoms with Crippen LogP contribution in [0.15, 0.2) is 23.2 Å². The third kappa shape index (κ3) is 7.54. The van der Waals surface area contributed by atoms with E-state index in [0.717, 1.165) is 57.6 Å². The van der Waals surface area contributed by atoms with Gasteiger partial charge in [0.25, 0.3) is 5.91 Å². The fourth-order valence-corrected chi connectivity index (χ4v) is 4.65. The molecule has 0 saturated carbocycles. The van der Waals surface area contributed by atoms with Crippen LogP contribution in [0.3, 0.4) is 0 Å². The molecule has 2 aliphatic rings. The standard InChI is InChI=1S/C26H40F2N6O2/c1-5-34-23(33-12-6-7-13-33)15-22(32-26(34)29-11-10-17(2)3)25(36)31-18(4)24(35)30-16-19-8-9-20(27)14-21(19)28/h8-9,14,17-18,23,26,29H,5-7,10-13,15-16H2,1-4H3,(H,30,35)(H,31,36)/t18-,23?,26?/m0/s1. The fourth-order valence-electron chi connectivity index (χ4n) is 4.65. The molecule has 10 heteroatoms. The first-order chi connectivity index (χ1) is 17.2. The number of amides is 2. The van der Waals surface area contributed by atoms with Crippen molar-refractivity contribution < 1.29 is 18.4 Å². The van der Waals surface area contributed by atoms with E-state index in [9.17, 15) is 18.4 Å². The lowest BCUT2D eigenvalue weighted by atomic mass is 10.1. The van der Waals surface area contributed by atoms with Crippen LogP contribution in [0.25, 0.3) is 0 Å². The van der Waals surface area contributed by atoms with E-state index in [1.54, 1.807) is 6.92 Å². The van der Waals surface area contributed by atoms with Crippen molar-refractivity contribution in [3.05, 3.63) is 35.4 Å². The number of nitrogens with zero attached hydrogens (tertiary/aromatic N) is 3. The average molecular weight is 507 g/mol. The molecule has 1 fully saturated rings. The minimum atomic E-state index is -0.842. The van der Waals surface area contributed by atoms with E-state index in [-0.39, 0.29) is 30.5 Å². The highest BCUT2D eigenvalue weighted by molar-refractivity contribution is 6.39. The Hall–Kier alpha value is -2.43. The van der Waals surface area contributed by atoms with Crippen molar-refractivity contribution in [1.82, 2.24) is 25.8 Å². The zero-order chi connectivity index (χ0) is 26.2. The second-order valence-corrected chi connectivity index (χ2v) is 9.99. The van der Waals surface area contributed by atoms with E-state index in [1.165, 1.54) is 6.07 Å². The molecule has 2 aliphatic heterocycles. The summed E-state index contributed by atoms with van der Waals surface area (Å²) in [6, 6.07) is 2.36. The monoisotopic (exact) mass is 506 g/mol. The first-order valence-corrected chi connectivity index (χ1v) is 13.0. The molecule has 2 heterocycles. The Morgan fingerprint density at radius 3 is 2.53 bits per heavy atom. The van der Waals surface area contributed by atoms with Crippen molar-refractivity contribution in [2.24, 2.45) is 10.9 Å². The summed E-state index contributed by atoms with van der Waals surface area (Å²) in [4.78, 5) is 35.2. The second-order valence-electron chi connectivity index (χ2n) is 9.99. The van der Waals surface area contributed by atoms with Crippen molar-refractivity contribution in [3.63, 3.8) is 0 Å². The van der Waals surface area contributed by atoms with Crippen LogP contribution in [0.4, 0.5) is 8.78 Å². The first kappa shape index (κ1) is 28.1. The lowest BCUT2D eigenvalue weighted by Crippen LogP contribution is -2.60. The summed E-state index contributed by atoms with van der Waals surface area (Å²) in [5.74, 6) is -1.68. The molecule has 0 spiro atoms. The van der Waals surface area contributed by atoms with Crippen LogP contribution in [0, 0.1) is 17.6 Å². The van der Waals surface area contributed by atoms with Gasteiger partial charge in [-0.1, -0.05) is 26.8 Å². The maximum Gasteiger partial charge on any atom is 0.266 e. The van der Waals surface area contributed by atoms with Crippen LogP contribution in [0.5, 0.6) is 0 Å². The molecule has 0 bridgehead atoms. The van der Waals surface area contributed by atoms with Crippen molar-refractivity contribution in [2.45, 2.75) is 78.4 Å². The minimum Gasteiger partial charge on any atom is -0.350 e. The maximum absolute atomic E-state index is 13.9. The van der Waals surface area contributed by atoms with Gasteiger partial charge in [0.1, 0.15) is 23.4 Å². The zero-order valence-corrected chi connectivity index (χ0v) is 21.8. The quantitative estimate of drug-likeness (QED) is 0.429. The van der Waals surface area contributed by atoms with Gasteiger partial charge in [-0.3, -0.25) is 24.7 Å². The van der Waals surface area contributed by atoms with Gasteiger partial charge in [-0.2, -0.15) is 0 Å². The predicted molar refractivity (Wildman–Crippen MR) is 136 cm³/mol. The SMILES string of the molecule is CCN1C(NCCC(C)C)N=C(C(=O)N[C@@H](C)C(=O)NCc2ccc(F)cc2F)CC1N1CCCC1. The van der Waals surface area contributed by atoms with Crippen LogP contribution in [-0.2, 0) is 16.1 Å². The molecule has 36 heavy (non-hydrogen) atoms. The first-order valence-electron chi connectivity index (χ1n) is 13.0. The summed E-state index contributed by atoms with van der Waals surface area (Å²) in [6.07, 6.45) is 3.54. The molecule has 1 aromatic carbocycles. The molecule has 1 saturated heterocycles. The molecule has 0 radical (unpaired) electrons. The number of likely N-dealkylation sites (tertiary alicyclic amines) is 1. The van der Waals surface area contributed by atoms with Crippen LogP contribution in [0.1, 0.15) is 58.9 Å². The van der Waals surface area contributed by atoms with Crippen molar-refractivity contribution >= 4 is 17.5 Å². The van der Waals surface area contributed by atoms with Crippen molar-refractivity contribution in [1.29, 1.82) is 0 Å². The maximum atomic E-state index is 13.9. The Kier molecular flexibility index (Phi) is 10.3. The van der Waals surface area contributed by atoms with Gasteiger partial charge in [0, 0.05) is 31.1 Å². The van der Waals surface area contributed by atoms with Gasteiger partial charge in [0.05, 0.1) is 6.17 Å². The number of nitrogens with one attached hydrogen (secondary N) is 3. The van der Waals surface area contributed by atoms with E-state index < -0.39 is 23.6 Å². The Balaban J connectivity index is 1.65. The summed E-state index contributed by atoms with van der Waals surface area (Å²) in [6.45, 7) is 11.5. The normalized spacial score (nSPS) is 21.9. The molecule has 0 aromatic heterocycles. The van der Waals surface area contributed by atoms with Crippen molar-refractivity contribution in [3.8, 4) is 0 Å². The fraction of sp³-hybridized carbons (Fsp3) is 0.654. The summed E-state index contributed by atoms with van der Waals surface area (Å²) < 4.78 is 27.0. The van der Waals surface area contributed by atoms with Gasteiger partial charge in [-0.15, -0.1) is 0 Å². The number of hydrogen-bond donors (Lipinski definition) is 3. The smallest absolute Gasteiger partial charge is 0.266 e. The highest BCUT2D eigenvalue weighted by Crippen LogP contribution is 2.24. The number of carbonyl (C=O) groups is 2. The molecule has 0 aliphatic carbocycles. The summed E-state index contributed by atoms with van der Waals surface area (Å²) in [5.41, 5.74) is 0.589. The Morgan fingerprint density at radius 2 is 1.89 bits per heavy atom. The van der Waals surface area contributed by atoms with Crippen LogP contribution < -0.4 is 16.0 Å². The zero-order valence-electron chi connectivity index (χ0n) is 21.8. The topological polar surface area (TPSA) is 89.1 Å². The molecule has 1 aromatic rings. The molecular formula is C26H40F2N6O2.